The molecule has 1 aliphatic heterocycles. The third kappa shape index (κ3) is 3.31. The number of anilines is 1. The molecule has 0 spiro atoms. The number of aromatic nitrogens is 3. The first-order chi connectivity index (χ1) is 12.1. The number of hydrogen-bond acceptors (Lipinski definition) is 5. The van der Waals surface area contributed by atoms with E-state index in [1.165, 1.54) is 6.07 Å². The lowest BCUT2D eigenvalue weighted by molar-refractivity contribution is 0.0938. The van der Waals surface area contributed by atoms with Gasteiger partial charge in [0.05, 0.1) is 11.3 Å². The lowest BCUT2D eigenvalue weighted by Crippen LogP contribution is -2.38. The van der Waals surface area contributed by atoms with Crippen LogP contribution < -0.4 is 10.2 Å². The maximum atomic E-state index is 13.9. The van der Waals surface area contributed by atoms with Crippen molar-refractivity contribution in [1.82, 2.24) is 20.3 Å². The number of nitrogens with one attached hydrogen (secondary N) is 1. The topological polar surface area (TPSA) is 71.0 Å². The van der Waals surface area contributed by atoms with Gasteiger partial charge in [0.25, 0.3) is 5.91 Å². The van der Waals surface area contributed by atoms with Crippen LogP contribution in [-0.4, -0.2) is 40.0 Å². The van der Waals surface area contributed by atoms with E-state index < -0.39 is 0 Å². The van der Waals surface area contributed by atoms with Gasteiger partial charge in [0, 0.05) is 37.4 Å². The first kappa shape index (κ1) is 15.9. The van der Waals surface area contributed by atoms with Gasteiger partial charge in [-0.05, 0) is 38.3 Å². The fraction of sp³-hybridized carbons (Fsp3) is 0.444. The largest absolute Gasteiger partial charge is 0.352 e. The molecule has 25 heavy (non-hydrogen) atoms. The van der Waals surface area contributed by atoms with Crippen molar-refractivity contribution in [1.29, 1.82) is 0 Å². The Hall–Kier alpha value is -2.57. The highest BCUT2D eigenvalue weighted by molar-refractivity contribution is 5.95. The molecule has 130 valence electrons. The lowest BCUT2D eigenvalue weighted by Gasteiger charge is -2.18. The maximum absolute atomic E-state index is 13.9. The molecule has 2 aromatic heterocycles. The molecule has 1 unspecified atom stereocenters. The van der Waals surface area contributed by atoms with Gasteiger partial charge in [0.15, 0.2) is 11.6 Å². The molecule has 2 aliphatic rings. The third-order valence-electron chi connectivity index (χ3n) is 4.71. The van der Waals surface area contributed by atoms with Crippen molar-refractivity contribution in [2.45, 2.75) is 38.1 Å². The van der Waals surface area contributed by atoms with E-state index in [-0.39, 0.29) is 17.8 Å². The molecule has 1 saturated carbocycles. The highest BCUT2D eigenvalue weighted by Crippen LogP contribution is 2.40. The van der Waals surface area contributed by atoms with Crippen molar-refractivity contribution in [3.05, 3.63) is 47.4 Å². The van der Waals surface area contributed by atoms with Crippen LogP contribution in [0.4, 0.5) is 10.2 Å². The molecule has 4 rings (SSSR count). The van der Waals surface area contributed by atoms with Gasteiger partial charge < -0.3 is 10.2 Å². The Morgan fingerprint density at radius 1 is 1.32 bits per heavy atom. The Balaban J connectivity index is 1.45. The van der Waals surface area contributed by atoms with E-state index in [2.05, 4.69) is 20.3 Å². The predicted octanol–water partition coefficient (Wildman–Crippen LogP) is 2.21. The van der Waals surface area contributed by atoms with E-state index >= 15 is 0 Å². The van der Waals surface area contributed by atoms with Gasteiger partial charge in [-0.25, -0.2) is 19.3 Å². The minimum Gasteiger partial charge on any atom is -0.352 e. The summed E-state index contributed by atoms with van der Waals surface area (Å²) in [6.45, 7) is 3.05. The average Bonchev–Trinajstić information content (AvgIpc) is 3.35. The predicted molar refractivity (Wildman–Crippen MR) is 91.0 cm³/mol. The van der Waals surface area contributed by atoms with Crippen LogP contribution in [0.2, 0.25) is 0 Å². The van der Waals surface area contributed by atoms with Gasteiger partial charge in [-0.2, -0.15) is 0 Å². The molecule has 1 amide bonds. The fourth-order valence-electron chi connectivity index (χ4n) is 3.27. The maximum Gasteiger partial charge on any atom is 0.254 e. The minimum atomic E-state index is -0.336. The van der Waals surface area contributed by atoms with Crippen molar-refractivity contribution < 1.29 is 9.18 Å². The average molecular weight is 341 g/mol. The standard InChI is InChI=1S/C18H20FN5O/c1-11-21-9-14(16(22-11)12-4-5-12)18(25)23-13-6-8-24(10-13)17-15(19)3-2-7-20-17/h2-3,7,9,12-13H,4-6,8,10H2,1H3,(H,23,25). The number of aryl methyl sites for hydroxylation is 1. The molecule has 2 aromatic rings. The van der Waals surface area contributed by atoms with Crippen LogP contribution in [0, 0.1) is 12.7 Å². The van der Waals surface area contributed by atoms with E-state index in [4.69, 9.17) is 0 Å². The molecule has 6 nitrogen and oxygen atoms in total. The molecule has 0 aromatic carbocycles. The zero-order chi connectivity index (χ0) is 17.4. The number of halogens is 1. The van der Waals surface area contributed by atoms with Crippen LogP contribution in [0.15, 0.2) is 24.5 Å². The number of hydrogen-bond donors (Lipinski definition) is 1. The van der Waals surface area contributed by atoms with Crippen LogP contribution >= 0.6 is 0 Å². The Morgan fingerprint density at radius 2 is 2.16 bits per heavy atom. The number of carbonyl (C=O) groups is 1. The fourth-order valence-corrected chi connectivity index (χ4v) is 3.27. The zero-order valence-electron chi connectivity index (χ0n) is 14.1. The van der Waals surface area contributed by atoms with Crippen LogP contribution in [0.3, 0.4) is 0 Å². The number of pyridine rings is 1. The molecule has 1 N–H and O–H groups in total. The van der Waals surface area contributed by atoms with Gasteiger partial charge in [0.2, 0.25) is 0 Å². The van der Waals surface area contributed by atoms with Crippen molar-refractivity contribution in [2.24, 2.45) is 0 Å². The summed E-state index contributed by atoms with van der Waals surface area (Å²) in [7, 11) is 0. The summed E-state index contributed by atoms with van der Waals surface area (Å²) < 4.78 is 13.9. The number of amides is 1. The molecular weight excluding hydrogens is 321 g/mol. The highest BCUT2D eigenvalue weighted by atomic mass is 19.1. The summed E-state index contributed by atoms with van der Waals surface area (Å²) in [6, 6.07) is 2.94. The van der Waals surface area contributed by atoms with E-state index in [1.807, 2.05) is 11.8 Å². The van der Waals surface area contributed by atoms with Crippen LogP contribution in [0.25, 0.3) is 0 Å². The molecule has 1 aliphatic carbocycles. The normalized spacial score (nSPS) is 19.9. The zero-order valence-corrected chi connectivity index (χ0v) is 14.1. The molecule has 7 heteroatoms. The first-order valence-electron chi connectivity index (χ1n) is 8.61. The summed E-state index contributed by atoms with van der Waals surface area (Å²) in [6.07, 6.45) is 6.11. The Kier molecular flexibility index (Phi) is 4.07. The first-order valence-corrected chi connectivity index (χ1v) is 8.61. The molecular formula is C18H20FN5O. The minimum absolute atomic E-state index is 0.0396. The second kappa shape index (κ2) is 6.38. The number of rotatable bonds is 4. The monoisotopic (exact) mass is 341 g/mol. The van der Waals surface area contributed by atoms with Gasteiger partial charge in [-0.15, -0.1) is 0 Å². The Morgan fingerprint density at radius 3 is 2.92 bits per heavy atom. The molecule has 2 fully saturated rings. The van der Waals surface area contributed by atoms with Gasteiger partial charge in [0.1, 0.15) is 5.82 Å². The van der Waals surface area contributed by atoms with E-state index in [9.17, 15) is 9.18 Å². The summed E-state index contributed by atoms with van der Waals surface area (Å²) in [4.78, 5) is 27.3. The van der Waals surface area contributed by atoms with Gasteiger partial charge in [-0.3, -0.25) is 4.79 Å². The molecule has 3 heterocycles. The second-order valence-electron chi connectivity index (χ2n) is 6.70. The van der Waals surface area contributed by atoms with E-state index in [0.29, 0.717) is 36.2 Å². The number of nitrogens with zero attached hydrogens (tertiary/aromatic N) is 4. The Bertz CT molecular complexity index is 808. The Labute approximate surface area is 145 Å². The lowest BCUT2D eigenvalue weighted by atomic mass is 10.1. The van der Waals surface area contributed by atoms with Crippen molar-refractivity contribution >= 4 is 11.7 Å². The molecule has 0 radical (unpaired) electrons. The highest BCUT2D eigenvalue weighted by Gasteiger charge is 2.32. The summed E-state index contributed by atoms with van der Waals surface area (Å²) >= 11 is 0. The van der Waals surface area contributed by atoms with Crippen LogP contribution in [0.5, 0.6) is 0 Å². The third-order valence-corrected chi connectivity index (χ3v) is 4.71. The van der Waals surface area contributed by atoms with Gasteiger partial charge in [-0.1, -0.05) is 0 Å². The van der Waals surface area contributed by atoms with Crippen molar-refractivity contribution in [3.8, 4) is 0 Å². The molecule has 0 bridgehead atoms. The van der Waals surface area contributed by atoms with E-state index in [0.717, 1.165) is 25.0 Å². The van der Waals surface area contributed by atoms with Gasteiger partial charge >= 0.3 is 0 Å². The van der Waals surface area contributed by atoms with E-state index in [1.54, 1.807) is 18.5 Å². The van der Waals surface area contributed by atoms with Crippen LogP contribution in [0.1, 0.15) is 47.1 Å². The van der Waals surface area contributed by atoms with Crippen LogP contribution in [-0.2, 0) is 0 Å². The quantitative estimate of drug-likeness (QED) is 0.923. The summed E-state index contributed by atoms with van der Waals surface area (Å²) in [5.74, 6) is 0.936. The summed E-state index contributed by atoms with van der Waals surface area (Å²) in [5, 5.41) is 3.05. The number of carbonyl (C=O) groups excluding carboxylic acids is 1. The van der Waals surface area contributed by atoms with Crippen molar-refractivity contribution in [3.63, 3.8) is 0 Å². The molecule has 1 saturated heterocycles. The second-order valence-corrected chi connectivity index (χ2v) is 6.70. The van der Waals surface area contributed by atoms with Crippen molar-refractivity contribution in [2.75, 3.05) is 18.0 Å². The smallest absolute Gasteiger partial charge is 0.254 e. The summed E-state index contributed by atoms with van der Waals surface area (Å²) in [5.41, 5.74) is 1.42. The SMILES string of the molecule is Cc1ncc(C(=O)NC2CCN(c3ncccc3F)C2)c(C2CC2)n1. The molecule has 1 atom stereocenters.